The molecule has 8 saturated carbocycles. The number of rotatable bonds is 18. The maximum atomic E-state index is 2.38. The molecule has 0 aromatic heterocycles. The SMILES string of the molecule is C.CCC1CCC(C2CCC(c3ccc(C)cc3)CC2)CC1.CCCC1CCC(C2CCC(c3ccc(C)cc3)CC2)CC1.CCCCC1CCC(C2CCC(c3ccc(C)cc3)CC2)CC1.CCCCCC1CCC(C2CCC(c3ccc(C)cc3)CC2)CC1. The Hall–Kier alpha value is -3.12. The van der Waals surface area contributed by atoms with Crippen molar-refractivity contribution in [3.63, 3.8) is 0 Å². The monoisotopic (exact) mass is 1240 g/mol. The van der Waals surface area contributed by atoms with Crippen LogP contribution in [-0.4, -0.2) is 0 Å². The fraction of sp³-hybridized carbons (Fsp3) is 0.736. The summed E-state index contributed by atoms with van der Waals surface area (Å²) >= 11 is 0. The Morgan fingerprint density at radius 2 is 0.429 bits per heavy atom. The van der Waals surface area contributed by atoms with Gasteiger partial charge in [0.2, 0.25) is 0 Å². The minimum Gasteiger partial charge on any atom is -0.0776 e. The average Bonchev–Trinajstić information content (AvgIpc) is 3.66. The zero-order valence-electron chi connectivity index (χ0n) is 60.2. The molecule has 0 aliphatic heterocycles. The topological polar surface area (TPSA) is 0 Å². The molecule has 0 N–H and O–H groups in total. The molecule has 508 valence electrons. The zero-order chi connectivity index (χ0) is 62.9. The summed E-state index contributed by atoms with van der Waals surface area (Å²) < 4.78 is 0. The predicted molar refractivity (Wildman–Crippen MR) is 401 cm³/mol. The van der Waals surface area contributed by atoms with Crippen molar-refractivity contribution in [1.82, 2.24) is 0 Å². The largest absolute Gasteiger partial charge is 0.0776 e. The Kier molecular flexibility index (Phi) is 32.2. The minimum absolute atomic E-state index is 0. The van der Waals surface area contributed by atoms with E-state index in [1.165, 1.54) is 292 Å². The molecule has 91 heavy (non-hydrogen) atoms. The van der Waals surface area contributed by atoms with Crippen molar-refractivity contribution >= 4 is 0 Å². The Bertz CT molecular complexity index is 2450. The summed E-state index contributed by atoms with van der Waals surface area (Å²) in [5.74, 6) is 16.0. The number of hydrogen-bond acceptors (Lipinski definition) is 0. The van der Waals surface area contributed by atoms with Crippen molar-refractivity contribution in [3.8, 4) is 0 Å². The molecular weight excluding hydrogens is 1090 g/mol. The van der Waals surface area contributed by atoms with E-state index in [4.69, 9.17) is 0 Å². The number of hydrogen-bond donors (Lipinski definition) is 0. The Labute approximate surface area is 565 Å². The molecule has 0 spiro atoms. The lowest BCUT2D eigenvalue weighted by Crippen LogP contribution is -2.25. The highest BCUT2D eigenvalue weighted by atomic mass is 14.4. The van der Waals surface area contributed by atoms with Crippen LogP contribution < -0.4 is 0 Å². The first-order valence-electron chi connectivity index (χ1n) is 40.3. The molecule has 8 fully saturated rings. The number of unbranched alkanes of at least 4 members (excludes halogenated alkanes) is 3. The molecule has 0 nitrogen and oxygen atoms in total. The average molecular weight is 1240 g/mol. The summed E-state index contributed by atoms with van der Waals surface area (Å²) in [4.78, 5) is 0. The molecule has 8 aliphatic rings. The maximum absolute atomic E-state index is 2.38. The molecule has 0 amide bonds. The van der Waals surface area contributed by atoms with Gasteiger partial charge in [-0.1, -0.05) is 270 Å². The Morgan fingerprint density at radius 3 is 0.648 bits per heavy atom. The van der Waals surface area contributed by atoms with Gasteiger partial charge in [0, 0.05) is 0 Å². The van der Waals surface area contributed by atoms with E-state index in [-0.39, 0.29) is 7.43 Å². The minimum atomic E-state index is 0. The molecule has 0 heterocycles. The number of benzene rings is 4. The maximum Gasteiger partial charge on any atom is -0.0162 e. The van der Waals surface area contributed by atoms with Crippen LogP contribution in [0.5, 0.6) is 0 Å². The van der Waals surface area contributed by atoms with Crippen LogP contribution in [0.2, 0.25) is 0 Å². The van der Waals surface area contributed by atoms with Crippen molar-refractivity contribution < 1.29 is 0 Å². The van der Waals surface area contributed by atoms with Crippen molar-refractivity contribution in [3.05, 3.63) is 142 Å². The van der Waals surface area contributed by atoms with E-state index in [2.05, 4.69) is 152 Å². The lowest BCUT2D eigenvalue weighted by molar-refractivity contribution is 0.155. The fourth-order valence-corrected chi connectivity index (χ4v) is 20.5. The van der Waals surface area contributed by atoms with Gasteiger partial charge in [-0.05, 0) is 299 Å². The van der Waals surface area contributed by atoms with E-state index in [9.17, 15) is 0 Å². The summed E-state index contributed by atoms with van der Waals surface area (Å²) in [5.41, 5.74) is 11.9. The van der Waals surface area contributed by atoms with Gasteiger partial charge in [-0.25, -0.2) is 0 Å². The van der Waals surface area contributed by atoms with Gasteiger partial charge in [0.05, 0.1) is 0 Å². The zero-order valence-corrected chi connectivity index (χ0v) is 60.2. The first-order valence-corrected chi connectivity index (χ1v) is 40.3. The molecule has 0 radical (unpaired) electrons. The van der Waals surface area contributed by atoms with E-state index in [0.717, 1.165) is 94.7 Å². The van der Waals surface area contributed by atoms with Gasteiger partial charge in [-0.2, -0.15) is 0 Å². The van der Waals surface area contributed by atoms with Gasteiger partial charge >= 0.3 is 0 Å². The second-order valence-corrected chi connectivity index (χ2v) is 33.0. The Balaban J connectivity index is 0.000000156. The normalized spacial score (nSPS) is 32.0. The van der Waals surface area contributed by atoms with E-state index in [1.54, 1.807) is 22.3 Å². The van der Waals surface area contributed by atoms with Gasteiger partial charge < -0.3 is 0 Å². The molecule has 0 heteroatoms. The van der Waals surface area contributed by atoms with Crippen molar-refractivity contribution in [1.29, 1.82) is 0 Å². The molecule has 4 aromatic carbocycles. The van der Waals surface area contributed by atoms with E-state index < -0.39 is 0 Å². The van der Waals surface area contributed by atoms with Gasteiger partial charge in [0.15, 0.2) is 0 Å². The molecule has 8 aliphatic carbocycles. The fourth-order valence-electron chi connectivity index (χ4n) is 20.5. The molecule has 4 aromatic rings. The van der Waals surface area contributed by atoms with Gasteiger partial charge in [0.1, 0.15) is 0 Å². The third-order valence-electron chi connectivity index (χ3n) is 27.0. The van der Waals surface area contributed by atoms with Crippen LogP contribution >= 0.6 is 0 Å². The third-order valence-corrected chi connectivity index (χ3v) is 27.0. The molecule has 0 saturated heterocycles. The van der Waals surface area contributed by atoms with E-state index >= 15 is 0 Å². The highest BCUT2D eigenvalue weighted by Gasteiger charge is 2.35. The smallest absolute Gasteiger partial charge is 0.0162 e. The second kappa shape index (κ2) is 39.8. The first-order chi connectivity index (χ1) is 44.0. The first kappa shape index (κ1) is 73.7. The summed E-state index contributed by atoms with van der Waals surface area (Å²) in [7, 11) is 0. The van der Waals surface area contributed by atoms with Crippen LogP contribution in [0.15, 0.2) is 97.1 Å². The molecule has 0 unspecified atom stereocenters. The van der Waals surface area contributed by atoms with Gasteiger partial charge in [0.25, 0.3) is 0 Å². The van der Waals surface area contributed by atoms with Crippen LogP contribution in [0.25, 0.3) is 0 Å². The lowest BCUT2D eigenvalue weighted by atomic mass is 9.68. The highest BCUT2D eigenvalue weighted by molar-refractivity contribution is 5.28. The van der Waals surface area contributed by atoms with Crippen molar-refractivity contribution in [2.75, 3.05) is 0 Å². The molecular formula is C91H144. The highest BCUT2D eigenvalue weighted by Crippen LogP contribution is 2.49. The van der Waals surface area contributed by atoms with E-state index in [0.29, 0.717) is 0 Å². The van der Waals surface area contributed by atoms with Crippen LogP contribution in [0, 0.1) is 98.7 Å². The van der Waals surface area contributed by atoms with Crippen molar-refractivity contribution in [2.24, 2.45) is 71.0 Å². The third kappa shape index (κ3) is 23.6. The second-order valence-electron chi connectivity index (χ2n) is 33.0. The lowest BCUT2D eigenvalue weighted by Gasteiger charge is -2.38. The summed E-state index contributed by atoms with van der Waals surface area (Å²) in [6, 6.07) is 37.3. The van der Waals surface area contributed by atoms with Gasteiger partial charge in [-0.15, -0.1) is 0 Å². The van der Waals surface area contributed by atoms with Crippen LogP contribution in [0.3, 0.4) is 0 Å². The molecule has 0 bridgehead atoms. The van der Waals surface area contributed by atoms with Crippen LogP contribution in [-0.2, 0) is 0 Å². The predicted octanol–water partition coefficient (Wildman–Crippen LogP) is 28.9. The van der Waals surface area contributed by atoms with Crippen LogP contribution in [0.4, 0.5) is 0 Å². The molecule has 0 atom stereocenters. The number of aryl methyl sites for hydroxylation is 4. The van der Waals surface area contributed by atoms with Gasteiger partial charge in [-0.3, -0.25) is 0 Å². The standard InChI is InChI=1S/C24H38.C23H36.C22H34.C21H32.CH4/c1-3-4-5-6-20-9-13-22(14-10-20)24-17-15-23(16-18-24)21-11-7-19(2)8-12-21;1-3-4-5-19-8-12-21(13-9-19)23-16-14-22(15-17-23)20-10-6-18(2)7-11-20;1-3-4-18-7-11-20(12-8-18)22-15-13-21(14-16-22)19-9-5-17(2)6-10-19;1-3-17-6-10-19(11-7-17)21-14-12-20(13-15-21)18-8-4-16(2)5-9-18;/h7-8,11-12,20,22-24H,3-6,9-10,13-18H2,1-2H3;6-7,10-11,19,21-23H,3-5,8-9,12-17H2,1-2H3;5-6,9-10,18,20-22H,3-4,7-8,11-16H2,1-2H3;4-5,8-9,17,19-21H,3,6-7,10-15H2,1-2H3;1H4. The molecule has 12 rings (SSSR count). The Morgan fingerprint density at radius 1 is 0.220 bits per heavy atom. The quantitative estimate of drug-likeness (QED) is 0.0871. The van der Waals surface area contributed by atoms with Crippen molar-refractivity contribution in [2.45, 2.75) is 356 Å². The van der Waals surface area contributed by atoms with E-state index in [1.807, 2.05) is 0 Å². The summed E-state index contributed by atoms with van der Waals surface area (Å²) in [5, 5.41) is 0. The van der Waals surface area contributed by atoms with Crippen LogP contribution in [0.1, 0.15) is 373 Å². The summed E-state index contributed by atoms with van der Waals surface area (Å²) in [6.07, 6.45) is 62.3. The summed E-state index contributed by atoms with van der Waals surface area (Å²) in [6.45, 7) is 18.1.